The van der Waals surface area contributed by atoms with Gasteiger partial charge in [-0.25, -0.2) is 4.98 Å². The summed E-state index contributed by atoms with van der Waals surface area (Å²) in [5.41, 5.74) is 7.29. The molecule has 2 aromatic rings. The first-order valence-corrected chi connectivity index (χ1v) is 8.68. The molecule has 2 N–H and O–H groups in total. The zero-order valence-corrected chi connectivity index (χ0v) is 13.4. The van der Waals surface area contributed by atoms with Crippen molar-refractivity contribution < 1.29 is 0 Å². The lowest BCUT2D eigenvalue weighted by molar-refractivity contribution is 0.360. The highest BCUT2D eigenvalue weighted by Gasteiger charge is 2.39. The summed E-state index contributed by atoms with van der Waals surface area (Å²) in [5, 5.41) is 0. The predicted molar refractivity (Wildman–Crippen MR) is 93.3 cm³/mol. The maximum Gasteiger partial charge on any atom is 0.227 e. The van der Waals surface area contributed by atoms with Crippen LogP contribution in [-0.2, 0) is 0 Å². The smallest absolute Gasteiger partial charge is 0.227 e. The third-order valence-electron chi connectivity index (χ3n) is 5.35. The van der Waals surface area contributed by atoms with Gasteiger partial charge in [-0.1, -0.05) is 30.3 Å². The zero-order valence-electron chi connectivity index (χ0n) is 13.4. The van der Waals surface area contributed by atoms with Gasteiger partial charge in [-0.2, -0.15) is 4.98 Å². The second kappa shape index (κ2) is 6.19. The number of nitrogen functional groups attached to an aromatic ring is 1. The van der Waals surface area contributed by atoms with Gasteiger partial charge in [0, 0.05) is 19.3 Å². The van der Waals surface area contributed by atoms with Crippen molar-refractivity contribution in [1.29, 1.82) is 0 Å². The van der Waals surface area contributed by atoms with Crippen LogP contribution in [0.1, 0.15) is 37.2 Å². The van der Waals surface area contributed by atoms with Crippen LogP contribution in [0.4, 0.5) is 11.8 Å². The monoisotopic (exact) mass is 308 g/mol. The van der Waals surface area contributed by atoms with Gasteiger partial charge >= 0.3 is 0 Å². The number of rotatable bonds is 4. The molecule has 1 aliphatic heterocycles. The molecule has 0 radical (unpaired) electrons. The van der Waals surface area contributed by atoms with E-state index in [9.17, 15) is 0 Å². The molecule has 2 aliphatic rings. The van der Waals surface area contributed by atoms with Crippen molar-refractivity contribution >= 4 is 11.8 Å². The van der Waals surface area contributed by atoms with Gasteiger partial charge in [0.25, 0.3) is 0 Å². The Hall–Kier alpha value is -2.10. The number of anilines is 2. The van der Waals surface area contributed by atoms with Crippen molar-refractivity contribution in [2.45, 2.75) is 31.6 Å². The number of nitrogens with two attached hydrogens (primary N) is 1. The third-order valence-corrected chi connectivity index (χ3v) is 5.35. The minimum Gasteiger partial charge on any atom is -0.384 e. The summed E-state index contributed by atoms with van der Waals surface area (Å²) in [7, 11) is 0. The Kier molecular flexibility index (Phi) is 3.90. The molecule has 1 aliphatic carbocycles. The van der Waals surface area contributed by atoms with Gasteiger partial charge in [0.2, 0.25) is 5.95 Å². The highest BCUT2D eigenvalue weighted by molar-refractivity contribution is 5.38. The van der Waals surface area contributed by atoms with Crippen LogP contribution in [0.15, 0.2) is 42.6 Å². The molecule has 1 unspecified atom stereocenters. The van der Waals surface area contributed by atoms with Crippen LogP contribution in [0.2, 0.25) is 0 Å². The fraction of sp³-hybridized carbons (Fsp3) is 0.474. The lowest BCUT2D eigenvalue weighted by Gasteiger charge is -2.32. The molecule has 0 bridgehead atoms. The van der Waals surface area contributed by atoms with Crippen LogP contribution in [-0.4, -0.2) is 23.1 Å². The van der Waals surface area contributed by atoms with E-state index >= 15 is 0 Å². The third kappa shape index (κ3) is 3.31. The van der Waals surface area contributed by atoms with E-state index in [0.717, 1.165) is 36.8 Å². The molecule has 23 heavy (non-hydrogen) atoms. The van der Waals surface area contributed by atoms with Crippen LogP contribution < -0.4 is 10.6 Å². The van der Waals surface area contributed by atoms with Crippen LogP contribution in [0.25, 0.3) is 0 Å². The molecular formula is C19H24N4. The number of benzene rings is 1. The van der Waals surface area contributed by atoms with Crippen molar-refractivity contribution in [2.24, 2.45) is 11.8 Å². The Labute approximate surface area is 137 Å². The van der Waals surface area contributed by atoms with E-state index in [1.54, 1.807) is 12.3 Å². The van der Waals surface area contributed by atoms with Crippen molar-refractivity contribution in [1.82, 2.24) is 9.97 Å². The first-order chi connectivity index (χ1) is 11.3. The van der Waals surface area contributed by atoms with Gasteiger partial charge in [-0.15, -0.1) is 0 Å². The summed E-state index contributed by atoms with van der Waals surface area (Å²) in [6, 6.07) is 12.7. The normalized spacial score (nSPS) is 24.6. The Morgan fingerprint density at radius 1 is 1.09 bits per heavy atom. The molecule has 2 fully saturated rings. The molecule has 4 rings (SSSR count). The van der Waals surface area contributed by atoms with Crippen LogP contribution >= 0.6 is 0 Å². The molecule has 4 nitrogen and oxygen atoms in total. The van der Waals surface area contributed by atoms with Crippen LogP contribution in [0.5, 0.6) is 0 Å². The van der Waals surface area contributed by atoms with E-state index in [1.165, 1.54) is 31.2 Å². The summed E-state index contributed by atoms with van der Waals surface area (Å²) >= 11 is 0. The number of nitrogens with zero attached hydrogens (tertiary/aromatic N) is 3. The predicted octanol–water partition coefficient (Wildman–Crippen LogP) is 3.47. The van der Waals surface area contributed by atoms with Crippen molar-refractivity contribution in [3.8, 4) is 0 Å². The quantitative estimate of drug-likeness (QED) is 0.939. The topological polar surface area (TPSA) is 55.0 Å². The van der Waals surface area contributed by atoms with E-state index in [2.05, 4.69) is 45.2 Å². The molecular weight excluding hydrogens is 284 g/mol. The van der Waals surface area contributed by atoms with Crippen LogP contribution in [0.3, 0.4) is 0 Å². The summed E-state index contributed by atoms with van der Waals surface area (Å²) in [4.78, 5) is 11.0. The average molecular weight is 308 g/mol. The number of piperidine rings is 1. The largest absolute Gasteiger partial charge is 0.384 e. The SMILES string of the molecule is Nc1ccnc(N2CCC(C[C@@H]3CC3c3ccccc3)CC2)n1. The van der Waals surface area contributed by atoms with Gasteiger partial charge in [0.15, 0.2) is 0 Å². The van der Waals surface area contributed by atoms with E-state index in [4.69, 9.17) is 5.73 Å². The maximum absolute atomic E-state index is 5.76. The van der Waals surface area contributed by atoms with Gasteiger partial charge in [-0.3, -0.25) is 0 Å². The van der Waals surface area contributed by atoms with Gasteiger partial charge in [0.1, 0.15) is 5.82 Å². The Morgan fingerprint density at radius 3 is 2.61 bits per heavy atom. The molecule has 1 aromatic heterocycles. The van der Waals surface area contributed by atoms with E-state index in [1.807, 2.05) is 0 Å². The second-order valence-electron chi connectivity index (χ2n) is 6.96. The van der Waals surface area contributed by atoms with Gasteiger partial charge in [-0.05, 0) is 55.1 Å². The molecule has 1 saturated carbocycles. The maximum atomic E-state index is 5.76. The highest BCUT2D eigenvalue weighted by atomic mass is 15.3. The lowest BCUT2D eigenvalue weighted by Crippen LogP contribution is -2.35. The van der Waals surface area contributed by atoms with E-state index in [0.29, 0.717) is 5.82 Å². The Bertz CT molecular complexity index is 649. The molecule has 1 aromatic carbocycles. The molecule has 0 amide bonds. The molecule has 4 heteroatoms. The summed E-state index contributed by atoms with van der Waals surface area (Å²) in [6.07, 6.45) is 7.00. The summed E-state index contributed by atoms with van der Waals surface area (Å²) in [6.45, 7) is 2.10. The first kappa shape index (κ1) is 14.5. The van der Waals surface area contributed by atoms with Crippen molar-refractivity contribution in [3.05, 3.63) is 48.2 Å². The molecule has 2 atom stereocenters. The minimum absolute atomic E-state index is 0.556. The Balaban J connectivity index is 1.28. The fourth-order valence-corrected chi connectivity index (χ4v) is 3.93. The lowest BCUT2D eigenvalue weighted by atomic mass is 9.90. The Morgan fingerprint density at radius 2 is 1.87 bits per heavy atom. The second-order valence-corrected chi connectivity index (χ2v) is 6.96. The first-order valence-electron chi connectivity index (χ1n) is 8.68. The van der Waals surface area contributed by atoms with Gasteiger partial charge < -0.3 is 10.6 Å². The number of hydrogen-bond donors (Lipinski definition) is 1. The fourth-order valence-electron chi connectivity index (χ4n) is 3.93. The molecule has 1 saturated heterocycles. The van der Waals surface area contributed by atoms with E-state index in [-0.39, 0.29) is 0 Å². The van der Waals surface area contributed by atoms with E-state index < -0.39 is 0 Å². The molecule has 2 heterocycles. The van der Waals surface area contributed by atoms with Crippen LogP contribution in [0, 0.1) is 11.8 Å². The van der Waals surface area contributed by atoms with Crippen molar-refractivity contribution in [2.75, 3.05) is 23.7 Å². The average Bonchev–Trinajstić information content (AvgIpc) is 3.36. The summed E-state index contributed by atoms with van der Waals surface area (Å²) < 4.78 is 0. The minimum atomic E-state index is 0.556. The highest BCUT2D eigenvalue weighted by Crippen LogP contribution is 2.51. The van der Waals surface area contributed by atoms with Crippen molar-refractivity contribution in [3.63, 3.8) is 0 Å². The summed E-state index contributed by atoms with van der Waals surface area (Å²) in [5.74, 6) is 3.91. The van der Waals surface area contributed by atoms with Gasteiger partial charge in [0.05, 0.1) is 0 Å². The number of hydrogen-bond acceptors (Lipinski definition) is 4. The standard InChI is InChI=1S/C19H24N4/c20-18-6-9-21-19(22-18)23-10-7-14(8-11-23)12-16-13-17(16)15-4-2-1-3-5-15/h1-6,9,14,16-17H,7-8,10-13H2,(H2,20,21,22)/t16-,17?/m1/s1. The number of aromatic nitrogens is 2. The molecule has 0 spiro atoms. The zero-order chi connectivity index (χ0) is 15.6. The molecule has 120 valence electrons.